The molecule has 0 unspecified atom stereocenters. The summed E-state index contributed by atoms with van der Waals surface area (Å²) in [5.74, 6) is 0.888. The first-order valence-corrected chi connectivity index (χ1v) is 17.8. The smallest absolute Gasteiger partial charge is 0.143 e. The lowest BCUT2D eigenvalue weighted by Gasteiger charge is -2.17. The lowest BCUT2D eigenvalue weighted by atomic mass is 9.86. The van der Waals surface area contributed by atoms with Gasteiger partial charge in [0, 0.05) is 27.1 Å². The molecule has 11 rings (SSSR count). The van der Waals surface area contributed by atoms with Crippen LogP contribution in [0.5, 0.6) is 0 Å². The standard InChI is InChI=1S/C50H30O2/c1-3-18-38-31(12-1)26-27-43-48-37(23-11-25-45(48)52-50(38)43)34-16-9-14-32(28-34)33-15-10-17-36(29-33)47-39-19-4-6-21-41(39)49(42-22-7-5-20-40(42)47)46-30-35-13-2-8-24-44(35)51-46/h1-30H. The van der Waals surface area contributed by atoms with Gasteiger partial charge in [-0.1, -0.05) is 146 Å². The highest BCUT2D eigenvalue weighted by Gasteiger charge is 2.20. The van der Waals surface area contributed by atoms with Gasteiger partial charge in [-0.05, 0) is 96.7 Å². The van der Waals surface area contributed by atoms with E-state index < -0.39 is 0 Å². The van der Waals surface area contributed by atoms with Gasteiger partial charge in [0.15, 0.2) is 0 Å². The minimum atomic E-state index is 0.888. The van der Waals surface area contributed by atoms with E-state index >= 15 is 0 Å². The number of rotatable bonds is 4. The normalized spacial score (nSPS) is 11.8. The third-order valence-corrected chi connectivity index (χ3v) is 10.6. The molecule has 2 heterocycles. The molecule has 11 aromatic rings. The molecule has 0 atom stereocenters. The summed E-state index contributed by atoms with van der Waals surface area (Å²) in [6.45, 7) is 0. The van der Waals surface area contributed by atoms with Gasteiger partial charge in [0.2, 0.25) is 0 Å². The van der Waals surface area contributed by atoms with Gasteiger partial charge in [0.1, 0.15) is 22.5 Å². The van der Waals surface area contributed by atoms with Crippen molar-refractivity contribution in [2.24, 2.45) is 0 Å². The topological polar surface area (TPSA) is 26.3 Å². The molecule has 0 aliphatic heterocycles. The summed E-state index contributed by atoms with van der Waals surface area (Å²) in [7, 11) is 0. The van der Waals surface area contributed by atoms with Crippen LogP contribution in [0, 0.1) is 0 Å². The molecule has 0 amide bonds. The highest BCUT2D eigenvalue weighted by molar-refractivity contribution is 6.22. The minimum Gasteiger partial charge on any atom is -0.456 e. The zero-order valence-corrected chi connectivity index (χ0v) is 28.1. The van der Waals surface area contributed by atoms with Crippen molar-refractivity contribution < 1.29 is 8.83 Å². The highest BCUT2D eigenvalue weighted by Crippen LogP contribution is 2.46. The maximum atomic E-state index is 6.52. The van der Waals surface area contributed by atoms with Crippen LogP contribution in [0.2, 0.25) is 0 Å². The monoisotopic (exact) mass is 662 g/mol. The van der Waals surface area contributed by atoms with Crippen molar-refractivity contribution in [3.05, 3.63) is 182 Å². The molecular weight excluding hydrogens is 633 g/mol. The molecule has 2 heteroatoms. The fraction of sp³-hybridized carbons (Fsp3) is 0. The van der Waals surface area contributed by atoms with E-state index in [4.69, 9.17) is 8.83 Å². The van der Waals surface area contributed by atoms with Gasteiger partial charge in [0.05, 0.1) is 0 Å². The van der Waals surface area contributed by atoms with Crippen LogP contribution in [0.15, 0.2) is 191 Å². The van der Waals surface area contributed by atoms with Crippen LogP contribution in [-0.2, 0) is 0 Å². The zero-order valence-electron chi connectivity index (χ0n) is 28.1. The molecule has 0 aliphatic carbocycles. The van der Waals surface area contributed by atoms with Gasteiger partial charge in [0.25, 0.3) is 0 Å². The Morgan fingerprint density at radius 3 is 1.60 bits per heavy atom. The number of hydrogen-bond donors (Lipinski definition) is 0. The molecule has 242 valence electrons. The summed E-state index contributed by atoms with van der Waals surface area (Å²) in [6, 6.07) is 65.0. The summed E-state index contributed by atoms with van der Waals surface area (Å²) in [5, 5.41) is 10.5. The van der Waals surface area contributed by atoms with Gasteiger partial charge >= 0.3 is 0 Å². The fourth-order valence-corrected chi connectivity index (χ4v) is 8.32. The number of benzene rings is 9. The average Bonchev–Trinajstić information content (AvgIpc) is 3.82. The summed E-state index contributed by atoms with van der Waals surface area (Å²) >= 11 is 0. The van der Waals surface area contributed by atoms with E-state index in [2.05, 4.69) is 170 Å². The average molecular weight is 663 g/mol. The Kier molecular flexibility index (Phi) is 6.28. The Morgan fingerprint density at radius 2 is 0.865 bits per heavy atom. The van der Waals surface area contributed by atoms with Crippen molar-refractivity contribution >= 4 is 65.2 Å². The van der Waals surface area contributed by atoms with Crippen molar-refractivity contribution in [3.8, 4) is 44.7 Å². The molecule has 0 fully saturated rings. The summed E-state index contributed by atoms with van der Waals surface area (Å²) in [4.78, 5) is 0. The quantitative estimate of drug-likeness (QED) is 0.175. The third kappa shape index (κ3) is 4.38. The molecule has 52 heavy (non-hydrogen) atoms. The minimum absolute atomic E-state index is 0.888. The van der Waals surface area contributed by atoms with Crippen LogP contribution >= 0.6 is 0 Å². The Balaban J connectivity index is 1.08. The number of para-hydroxylation sites is 1. The van der Waals surface area contributed by atoms with Crippen molar-refractivity contribution in [2.75, 3.05) is 0 Å². The molecule has 0 radical (unpaired) electrons. The van der Waals surface area contributed by atoms with E-state index in [0.29, 0.717) is 0 Å². The van der Waals surface area contributed by atoms with Gasteiger partial charge in [-0.25, -0.2) is 0 Å². The first-order chi connectivity index (χ1) is 25.8. The molecule has 0 spiro atoms. The van der Waals surface area contributed by atoms with Crippen molar-refractivity contribution in [2.45, 2.75) is 0 Å². The van der Waals surface area contributed by atoms with E-state index in [1.54, 1.807) is 0 Å². The largest absolute Gasteiger partial charge is 0.456 e. The number of fused-ring (bicyclic) bond motifs is 8. The van der Waals surface area contributed by atoms with Crippen molar-refractivity contribution in [1.82, 2.24) is 0 Å². The van der Waals surface area contributed by atoms with E-state index in [1.165, 1.54) is 54.7 Å². The highest BCUT2D eigenvalue weighted by atomic mass is 16.3. The lowest BCUT2D eigenvalue weighted by molar-refractivity contribution is 0.633. The van der Waals surface area contributed by atoms with Gasteiger partial charge in [-0.2, -0.15) is 0 Å². The summed E-state index contributed by atoms with van der Waals surface area (Å²) in [6.07, 6.45) is 0. The first-order valence-electron chi connectivity index (χ1n) is 17.8. The molecule has 0 bridgehead atoms. The van der Waals surface area contributed by atoms with Crippen molar-refractivity contribution in [1.29, 1.82) is 0 Å². The first kappa shape index (κ1) is 28.9. The second-order valence-electron chi connectivity index (χ2n) is 13.6. The second-order valence-corrected chi connectivity index (χ2v) is 13.6. The Hall–Kier alpha value is -6.90. The van der Waals surface area contributed by atoms with Gasteiger partial charge < -0.3 is 8.83 Å². The molecule has 0 saturated carbocycles. The molecule has 0 aliphatic rings. The maximum Gasteiger partial charge on any atom is 0.143 e. The van der Waals surface area contributed by atoms with E-state index in [9.17, 15) is 0 Å². The molecule has 0 N–H and O–H groups in total. The second kappa shape index (κ2) is 11.3. The van der Waals surface area contributed by atoms with Crippen LogP contribution in [0.25, 0.3) is 110 Å². The molecule has 2 aromatic heterocycles. The number of furan rings is 2. The van der Waals surface area contributed by atoms with Crippen LogP contribution < -0.4 is 0 Å². The van der Waals surface area contributed by atoms with E-state index in [0.717, 1.165) is 55.2 Å². The number of hydrogen-bond acceptors (Lipinski definition) is 2. The molecule has 2 nitrogen and oxygen atoms in total. The van der Waals surface area contributed by atoms with Gasteiger partial charge in [-0.15, -0.1) is 0 Å². The fourth-order valence-electron chi connectivity index (χ4n) is 8.32. The summed E-state index contributed by atoms with van der Waals surface area (Å²) < 4.78 is 13.0. The molecule has 0 saturated heterocycles. The third-order valence-electron chi connectivity index (χ3n) is 10.6. The SMILES string of the molecule is c1cc(-c2cccc(-c3cccc4oc5c6ccccc6ccc5c34)c2)cc(-c2c3ccccc3c(-c3cc4ccccc4o3)c3ccccc23)c1. The molecule has 9 aromatic carbocycles. The Labute approximate surface area is 299 Å². The van der Waals surface area contributed by atoms with Crippen LogP contribution in [0.4, 0.5) is 0 Å². The van der Waals surface area contributed by atoms with E-state index in [1.807, 2.05) is 12.1 Å². The summed E-state index contributed by atoms with van der Waals surface area (Å²) in [5.41, 5.74) is 11.0. The van der Waals surface area contributed by atoms with Crippen molar-refractivity contribution in [3.63, 3.8) is 0 Å². The van der Waals surface area contributed by atoms with E-state index in [-0.39, 0.29) is 0 Å². The Morgan fingerprint density at radius 1 is 0.308 bits per heavy atom. The predicted octanol–water partition coefficient (Wildman–Crippen LogP) is 14.5. The predicted molar refractivity (Wildman–Crippen MR) is 218 cm³/mol. The zero-order chi connectivity index (χ0) is 34.2. The lowest BCUT2D eigenvalue weighted by Crippen LogP contribution is -1.90. The molecular formula is C50H30O2. The van der Waals surface area contributed by atoms with Crippen LogP contribution in [0.1, 0.15) is 0 Å². The Bertz CT molecular complexity index is 3100. The van der Waals surface area contributed by atoms with Gasteiger partial charge in [-0.3, -0.25) is 0 Å². The van der Waals surface area contributed by atoms with Crippen LogP contribution in [0.3, 0.4) is 0 Å². The van der Waals surface area contributed by atoms with Crippen LogP contribution in [-0.4, -0.2) is 0 Å². The maximum absolute atomic E-state index is 6.52.